The first kappa shape index (κ1) is 42.1. The third-order valence-corrected chi connectivity index (χ3v) is 10.5. The minimum atomic E-state index is -0.659. The summed E-state index contributed by atoms with van der Waals surface area (Å²) in [6, 6.07) is 18.6. The Labute approximate surface area is 338 Å². The van der Waals surface area contributed by atoms with Crippen LogP contribution in [0, 0.1) is 0 Å². The summed E-state index contributed by atoms with van der Waals surface area (Å²) in [7, 11) is 5.72. The summed E-state index contributed by atoms with van der Waals surface area (Å²) in [5.41, 5.74) is 1.45. The zero-order valence-corrected chi connectivity index (χ0v) is 34.2. The number of thiophene rings is 1. The molecule has 3 aromatic carbocycles. The standard InChI is InChI=1S/C41H44N4O10S2/c1-41(2,3)55-40(50)45-17-16-28-33(22-45)57-38(35(28)39(49)54-7)44-34(46)23-56-27-15-11-14-26(20-27)42-37(48)29(43-36(47)24-12-9-8-10-13-24)18-25-19-31(52-5)32(53-6)21-30(25)51-4/h8-15,18-21H,16-17,22-23H2,1-7H3,(H,42,48)(H,43,47)(H,44,46)/b29-18+. The number of carbonyl (C=O) groups is 5. The van der Waals surface area contributed by atoms with Gasteiger partial charge >= 0.3 is 12.1 Å². The van der Waals surface area contributed by atoms with Crippen molar-refractivity contribution in [1.29, 1.82) is 0 Å². The van der Waals surface area contributed by atoms with Gasteiger partial charge in [0.2, 0.25) is 5.91 Å². The average molecular weight is 817 g/mol. The number of benzene rings is 3. The van der Waals surface area contributed by atoms with E-state index in [2.05, 4.69) is 16.0 Å². The molecule has 2 heterocycles. The lowest BCUT2D eigenvalue weighted by atomic mass is 10.0. The summed E-state index contributed by atoms with van der Waals surface area (Å²) in [4.78, 5) is 68.9. The van der Waals surface area contributed by atoms with Crippen molar-refractivity contribution in [3.05, 3.63) is 99.6 Å². The largest absolute Gasteiger partial charge is 0.496 e. The first-order chi connectivity index (χ1) is 27.2. The number of esters is 1. The van der Waals surface area contributed by atoms with E-state index in [1.807, 2.05) is 0 Å². The molecule has 0 atom stereocenters. The first-order valence-electron chi connectivity index (χ1n) is 17.7. The normalized spacial score (nSPS) is 12.5. The molecule has 0 bridgehead atoms. The second-order valence-corrected chi connectivity index (χ2v) is 15.7. The van der Waals surface area contributed by atoms with Crippen molar-refractivity contribution in [3.8, 4) is 17.2 Å². The number of anilines is 2. The summed E-state index contributed by atoms with van der Waals surface area (Å²) in [5, 5.41) is 8.75. The molecular formula is C41H44N4O10S2. The molecule has 14 nitrogen and oxygen atoms in total. The minimum Gasteiger partial charge on any atom is -0.496 e. The number of thioether (sulfide) groups is 1. The van der Waals surface area contributed by atoms with Crippen LogP contribution in [0.2, 0.25) is 0 Å². The van der Waals surface area contributed by atoms with Gasteiger partial charge in [0.1, 0.15) is 22.0 Å². The highest BCUT2D eigenvalue weighted by Crippen LogP contribution is 2.39. The number of methoxy groups -OCH3 is 4. The van der Waals surface area contributed by atoms with Crippen molar-refractivity contribution in [1.82, 2.24) is 10.2 Å². The fourth-order valence-corrected chi connectivity index (χ4v) is 7.75. The molecule has 0 fully saturated rings. The van der Waals surface area contributed by atoms with Crippen LogP contribution in [0.5, 0.6) is 17.2 Å². The van der Waals surface area contributed by atoms with E-state index in [-0.39, 0.29) is 29.5 Å². The van der Waals surface area contributed by atoms with Crippen LogP contribution < -0.4 is 30.2 Å². The monoisotopic (exact) mass is 816 g/mol. The van der Waals surface area contributed by atoms with E-state index in [0.717, 1.165) is 10.4 Å². The maximum Gasteiger partial charge on any atom is 0.410 e. The predicted molar refractivity (Wildman–Crippen MR) is 218 cm³/mol. The summed E-state index contributed by atoms with van der Waals surface area (Å²) >= 11 is 2.43. The van der Waals surface area contributed by atoms with Gasteiger partial charge in [-0.1, -0.05) is 24.3 Å². The molecule has 1 aliphatic rings. The number of ether oxygens (including phenoxy) is 5. The number of fused-ring (bicyclic) bond motifs is 1. The molecule has 16 heteroatoms. The van der Waals surface area contributed by atoms with Crippen molar-refractivity contribution in [2.75, 3.05) is 51.4 Å². The third kappa shape index (κ3) is 10.9. The van der Waals surface area contributed by atoms with Crippen molar-refractivity contribution in [2.24, 2.45) is 0 Å². The molecule has 0 saturated heterocycles. The maximum atomic E-state index is 13.8. The van der Waals surface area contributed by atoms with E-state index < -0.39 is 29.5 Å². The Morgan fingerprint density at radius 2 is 1.56 bits per heavy atom. The number of hydrogen-bond acceptors (Lipinski definition) is 12. The van der Waals surface area contributed by atoms with Gasteiger partial charge in [-0.15, -0.1) is 23.1 Å². The van der Waals surface area contributed by atoms with Crippen molar-refractivity contribution >= 4 is 69.6 Å². The summed E-state index contributed by atoms with van der Waals surface area (Å²) in [6.45, 7) is 5.96. The first-order valence-corrected chi connectivity index (χ1v) is 19.5. The van der Waals surface area contributed by atoms with Crippen molar-refractivity contribution in [3.63, 3.8) is 0 Å². The number of amides is 4. The van der Waals surface area contributed by atoms with Crippen LogP contribution in [0.3, 0.4) is 0 Å². The van der Waals surface area contributed by atoms with Gasteiger partial charge in [-0.05, 0) is 75.2 Å². The highest BCUT2D eigenvalue weighted by Gasteiger charge is 2.32. The second kappa shape index (κ2) is 18.8. The Balaban J connectivity index is 1.31. The van der Waals surface area contributed by atoms with E-state index in [4.69, 9.17) is 23.7 Å². The third-order valence-electron chi connectivity index (χ3n) is 8.38. The highest BCUT2D eigenvalue weighted by atomic mass is 32.2. The summed E-state index contributed by atoms with van der Waals surface area (Å²) < 4.78 is 27.0. The molecule has 5 rings (SSSR count). The van der Waals surface area contributed by atoms with Crippen LogP contribution in [0.15, 0.2) is 77.3 Å². The Hall–Kier alpha value is -6.00. The van der Waals surface area contributed by atoms with Gasteiger partial charge in [-0.25, -0.2) is 9.59 Å². The van der Waals surface area contributed by atoms with E-state index in [1.54, 1.807) is 92.4 Å². The smallest absolute Gasteiger partial charge is 0.410 e. The molecule has 0 aliphatic carbocycles. The van der Waals surface area contributed by atoms with Crippen LogP contribution in [0.25, 0.3) is 6.08 Å². The molecule has 1 aromatic heterocycles. The maximum absolute atomic E-state index is 13.8. The van der Waals surface area contributed by atoms with Crippen LogP contribution >= 0.6 is 23.1 Å². The predicted octanol–water partition coefficient (Wildman–Crippen LogP) is 6.99. The molecule has 4 amide bonds. The van der Waals surface area contributed by atoms with Gasteiger partial charge in [0.15, 0.2) is 11.5 Å². The summed E-state index contributed by atoms with van der Waals surface area (Å²) in [5.74, 6) is -0.943. The van der Waals surface area contributed by atoms with Crippen LogP contribution in [0.1, 0.15) is 57.5 Å². The lowest BCUT2D eigenvalue weighted by Gasteiger charge is -2.30. The van der Waals surface area contributed by atoms with Crippen molar-refractivity contribution < 1.29 is 47.7 Å². The highest BCUT2D eigenvalue weighted by molar-refractivity contribution is 8.00. The Bertz CT molecular complexity index is 2180. The van der Waals surface area contributed by atoms with Gasteiger partial charge in [0.05, 0.1) is 46.3 Å². The lowest BCUT2D eigenvalue weighted by molar-refractivity contribution is -0.114. The quantitative estimate of drug-likeness (QED) is 0.0722. The van der Waals surface area contributed by atoms with E-state index in [1.165, 1.54) is 57.6 Å². The molecular weight excluding hydrogens is 773 g/mol. The van der Waals surface area contributed by atoms with E-state index in [0.29, 0.717) is 56.9 Å². The molecule has 0 spiro atoms. The molecule has 0 saturated carbocycles. The fourth-order valence-electron chi connectivity index (χ4n) is 5.73. The van der Waals surface area contributed by atoms with Gasteiger partial charge < -0.3 is 44.5 Å². The SMILES string of the molecule is COC(=O)c1c(NC(=O)CSc2cccc(NC(=O)/C(=C\c3cc(OC)c(OC)cc3OC)NC(=O)c3ccccc3)c2)sc2c1CCN(C(=O)OC(C)(C)C)C2. The van der Waals surface area contributed by atoms with Crippen LogP contribution in [0.4, 0.5) is 15.5 Å². The van der Waals surface area contributed by atoms with E-state index in [9.17, 15) is 24.0 Å². The molecule has 57 heavy (non-hydrogen) atoms. The zero-order chi connectivity index (χ0) is 41.3. The number of hydrogen-bond donors (Lipinski definition) is 3. The number of nitrogens with zero attached hydrogens (tertiary/aromatic N) is 1. The fraction of sp³-hybridized carbons (Fsp3) is 0.293. The van der Waals surface area contributed by atoms with Crippen LogP contribution in [-0.2, 0) is 32.0 Å². The van der Waals surface area contributed by atoms with Crippen LogP contribution in [-0.4, -0.2) is 81.0 Å². The van der Waals surface area contributed by atoms with Gasteiger partial charge in [-0.2, -0.15) is 0 Å². The van der Waals surface area contributed by atoms with Crippen molar-refractivity contribution in [2.45, 2.75) is 44.2 Å². The Morgan fingerprint density at radius 3 is 2.23 bits per heavy atom. The molecule has 0 radical (unpaired) electrons. The molecule has 4 aromatic rings. The van der Waals surface area contributed by atoms with E-state index >= 15 is 0 Å². The number of nitrogens with one attached hydrogen (secondary N) is 3. The number of carbonyl (C=O) groups excluding carboxylic acids is 5. The number of rotatable bonds is 13. The average Bonchev–Trinajstić information content (AvgIpc) is 3.55. The molecule has 1 aliphatic heterocycles. The minimum absolute atomic E-state index is 0.0258. The topological polar surface area (TPSA) is 171 Å². The second-order valence-electron chi connectivity index (χ2n) is 13.5. The molecule has 0 unspecified atom stereocenters. The summed E-state index contributed by atoms with van der Waals surface area (Å²) in [6.07, 6.45) is 1.41. The Kier molecular flexibility index (Phi) is 13.9. The van der Waals surface area contributed by atoms with Gasteiger partial charge in [0, 0.05) is 39.2 Å². The van der Waals surface area contributed by atoms with Gasteiger partial charge in [-0.3, -0.25) is 14.4 Å². The molecule has 300 valence electrons. The molecule has 3 N–H and O–H groups in total. The zero-order valence-electron chi connectivity index (χ0n) is 32.6. The Morgan fingerprint density at radius 1 is 0.860 bits per heavy atom. The lowest BCUT2D eigenvalue weighted by Crippen LogP contribution is -2.39. The van der Waals surface area contributed by atoms with Gasteiger partial charge in [0.25, 0.3) is 11.8 Å².